The van der Waals surface area contributed by atoms with Crippen LogP contribution in [0.15, 0.2) is 182 Å². The van der Waals surface area contributed by atoms with E-state index in [-0.39, 0.29) is 23.5 Å². The van der Waals surface area contributed by atoms with Crippen LogP contribution in [-0.2, 0) is 0 Å². The molecule has 0 aliphatic carbocycles. The van der Waals surface area contributed by atoms with Gasteiger partial charge in [-0.05, 0) is 66.7 Å². The third kappa shape index (κ3) is 5.01. The van der Waals surface area contributed by atoms with E-state index in [9.17, 15) is 0 Å². The summed E-state index contributed by atoms with van der Waals surface area (Å²) in [6.07, 6.45) is 0. The van der Waals surface area contributed by atoms with Crippen LogP contribution >= 0.6 is 0 Å². The van der Waals surface area contributed by atoms with Crippen molar-refractivity contribution in [2.24, 2.45) is 0 Å². The van der Waals surface area contributed by atoms with E-state index < -0.39 is 18.1 Å². The highest BCUT2D eigenvalue weighted by atomic mass is 14.9. The molecule has 9 aromatic rings. The van der Waals surface area contributed by atoms with Crippen molar-refractivity contribution in [2.75, 3.05) is 0 Å². The molecule has 0 fully saturated rings. The zero-order valence-corrected chi connectivity index (χ0v) is 25.8. The highest BCUT2D eigenvalue weighted by Gasteiger charge is 2.14. The molecule has 1 heterocycles. The van der Waals surface area contributed by atoms with Gasteiger partial charge >= 0.3 is 0 Å². The van der Waals surface area contributed by atoms with Gasteiger partial charge in [0.2, 0.25) is 0 Å². The number of hydrogen-bond acceptors (Lipinski definition) is 2. The van der Waals surface area contributed by atoms with E-state index in [1.807, 2.05) is 60.7 Å². The largest absolute Gasteiger partial charge is 0.228 e. The molecule has 1 aromatic heterocycles. The van der Waals surface area contributed by atoms with Gasteiger partial charge in [0.25, 0.3) is 0 Å². The molecular formula is C46H30N2. The lowest BCUT2D eigenvalue weighted by Gasteiger charge is -2.15. The lowest BCUT2D eigenvalue weighted by molar-refractivity contribution is 1.18. The third-order valence-corrected chi connectivity index (χ3v) is 8.98. The molecule has 2 heteroatoms. The van der Waals surface area contributed by atoms with E-state index >= 15 is 0 Å². The Bertz CT molecular complexity index is 2840. The molecule has 0 amide bonds. The summed E-state index contributed by atoms with van der Waals surface area (Å²) in [7, 11) is 0. The summed E-state index contributed by atoms with van der Waals surface area (Å²) in [5.41, 5.74) is 7.09. The predicted octanol–water partition coefficient (Wildman–Crippen LogP) is 12.3. The number of fused-ring (bicyclic) bond motifs is 4. The number of rotatable bonds is 5. The van der Waals surface area contributed by atoms with Crippen LogP contribution < -0.4 is 0 Å². The second-order valence-electron chi connectivity index (χ2n) is 11.8. The van der Waals surface area contributed by atoms with Gasteiger partial charge in [-0.15, -0.1) is 0 Å². The molecule has 8 aromatic carbocycles. The lowest BCUT2D eigenvalue weighted by atomic mass is 9.89. The zero-order chi connectivity index (χ0) is 36.2. The second kappa shape index (κ2) is 11.8. The molecule has 0 radical (unpaired) electrons. The maximum atomic E-state index is 8.70. The summed E-state index contributed by atoms with van der Waals surface area (Å²) >= 11 is 0. The van der Waals surface area contributed by atoms with E-state index in [4.69, 9.17) is 16.8 Å². The van der Waals surface area contributed by atoms with Crippen LogP contribution in [0.3, 0.4) is 0 Å². The van der Waals surface area contributed by atoms with Crippen LogP contribution in [0.5, 0.6) is 0 Å². The summed E-state index contributed by atoms with van der Waals surface area (Å²) < 4.78 is 42.2. The molecule has 0 aliphatic rings. The van der Waals surface area contributed by atoms with Gasteiger partial charge in [0.05, 0.1) is 18.2 Å². The Balaban J connectivity index is 1.21. The summed E-state index contributed by atoms with van der Waals surface area (Å²) in [4.78, 5) is 9.67. The first-order valence-corrected chi connectivity index (χ1v) is 15.9. The first-order chi connectivity index (χ1) is 25.9. The smallest absolute Gasteiger partial charge is 0.160 e. The molecule has 9 rings (SSSR count). The van der Waals surface area contributed by atoms with Crippen molar-refractivity contribution < 1.29 is 6.85 Å². The van der Waals surface area contributed by atoms with Gasteiger partial charge in [0.1, 0.15) is 0 Å². The van der Waals surface area contributed by atoms with Crippen LogP contribution in [-0.4, -0.2) is 9.97 Å². The van der Waals surface area contributed by atoms with Crippen LogP contribution in [0, 0.1) is 0 Å². The second-order valence-corrected chi connectivity index (χ2v) is 11.8. The Hall–Kier alpha value is -6.38. The Kier molecular flexibility index (Phi) is 5.64. The average Bonchev–Trinajstić information content (AvgIpc) is 3.21. The SMILES string of the molecule is [2H]c1c([2H])c([2H])c(-c2nc(-c3ccc(-c4ccccc4)cc3)cc(-c3ccc(-c4c5ccccc5cc5c4ccc4ccccc45)cc3)n2)c([2H])c1[2H]. The molecule has 0 atom stereocenters. The maximum absolute atomic E-state index is 8.70. The van der Waals surface area contributed by atoms with Crippen LogP contribution in [0.1, 0.15) is 6.85 Å². The molecule has 0 saturated heterocycles. The van der Waals surface area contributed by atoms with Crippen molar-refractivity contribution in [1.82, 2.24) is 9.97 Å². The molecule has 0 spiro atoms. The minimum absolute atomic E-state index is 0.0360. The molecule has 0 N–H and O–H groups in total. The van der Waals surface area contributed by atoms with Gasteiger partial charge in [0, 0.05) is 16.7 Å². The first-order valence-electron chi connectivity index (χ1n) is 18.4. The fourth-order valence-corrected chi connectivity index (χ4v) is 6.62. The number of aromatic nitrogens is 2. The van der Waals surface area contributed by atoms with E-state index in [0.717, 1.165) is 44.2 Å². The van der Waals surface area contributed by atoms with E-state index in [1.54, 1.807) is 0 Å². The summed E-state index contributed by atoms with van der Waals surface area (Å²) in [6.45, 7) is 0. The molecule has 224 valence electrons. The fourth-order valence-electron chi connectivity index (χ4n) is 6.62. The summed E-state index contributed by atoms with van der Waals surface area (Å²) in [6, 6.07) is 49.9. The number of benzene rings is 8. The number of hydrogen-bond donors (Lipinski definition) is 0. The minimum atomic E-state index is -0.457. The monoisotopic (exact) mass is 615 g/mol. The molecule has 0 saturated carbocycles. The summed E-state index contributed by atoms with van der Waals surface area (Å²) in [5, 5.41) is 7.09. The van der Waals surface area contributed by atoms with Crippen LogP contribution in [0.4, 0.5) is 0 Å². The van der Waals surface area contributed by atoms with Gasteiger partial charge in [0.15, 0.2) is 5.82 Å². The van der Waals surface area contributed by atoms with Gasteiger partial charge in [-0.1, -0.05) is 170 Å². The van der Waals surface area contributed by atoms with Gasteiger partial charge in [-0.2, -0.15) is 0 Å². The van der Waals surface area contributed by atoms with Crippen molar-refractivity contribution in [3.8, 4) is 56.2 Å². The zero-order valence-electron chi connectivity index (χ0n) is 30.8. The maximum Gasteiger partial charge on any atom is 0.160 e. The molecular weight excluding hydrogens is 581 g/mol. The lowest BCUT2D eigenvalue weighted by Crippen LogP contribution is -1.96. The Morgan fingerprint density at radius 1 is 0.354 bits per heavy atom. The van der Waals surface area contributed by atoms with Gasteiger partial charge in [-0.3, -0.25) is 0 Å². The van der Waals surface area contributed by atoms with Crippen molar-refractivity contribution in [2.45, 2.75) is 0 Å². The summed E-state index contributed by atoms with van der Waals surface area (Å²) in [5.74, 6) is 0.0673. The average molecular weight is 616 g/mol. The predicted molar refractivity (Wildman–Crippen MR) is 202 cm³/mol. The van der Waals surface area contributed by atoms with E-state index in [1.165, 1.54) is 21.5 Å². The van der Waals surface area contributed by atoms with Crippen molar-refractivity contribution >= 4 is 32.3 Å². The molecule has 2 nitrogen and oxygen atoms in total. The molecule has 0 unspecified atom stereocenters. The van der Waals surface area contributed by atoms with E-state index in [0.29, 0.717) is 11.4 Å². The van der Waals surface area contributed by atoms with Crippen molar-refractivity contribution in [1.29, 1.82) is 0 Å². The van der Waals surface area contributed by atoms with Crippen LogP contribution in [0.2, 0.25) is 0 Å². The minimum Gasteiger partial charge on any atom is -0.228 e. The molecule has 0 aliphatic heterocycles. The van der Waals surface area contributed by atoms with Crippen molar-refractivity contribution in [3.05, 3.63) is 182 Å². The van der Waals surface area contributed by atoms with Crippen LogP contribution in [0.25, 0.3) is 88.5 Å². The standard InChI is InChI=1S/C46H30N2/c1-3-11-31(12-4-1)32-19-21-34(22-20-32)43-30-44(48-46(47-43)37-14-5-2-6-15-37)35-23-25-36(26-24-35)45-40-18-10-8-16-38(40)29-42-39-17-9-7-13-33(39)27-28-41(42)45/h1-30H/i2D,5D,6D,14D,15D. The highest BCUT2D eigenvalue weighted by Crippen LogP contribution is 2.40. The first kappa shape index (κ1) is 23.0. The Morgan fingerprint density at radius 3 is 1.62 bits per heavy atom. The highest BCUT2D eigenvalue weighted by molar-refractivity contribution is 6.20. The van der Waals surface area contributed by atoms with Crippen molar-refractivity contribution in [3.63, 3.8) is 0 Å². The molecule has 48 heavy (non-hydrogen) atoms. The quantitative estimate of drug-likeness (QED) is 0.142. The molecule has 0 bridgehead atoms. The van der Waals surface area contributed by atoms with Gasteiger partial charge in [-0.25, -0.2) is 9.97 Å². The Labute approximate surface area is 286 Å². The van der Waals surface area contributed by atoms with E-state index in [2.05, 4.69) is 91.0 Å². The number of nitrogens with zero attached hydrogens (tertiary/aromatic N) is 2. The third-order valence-electron chi connectivity index (χ3n) is 8.98. The topological polar surface area (TPSA) is 25.8 Å². The fraction of sp³-hybridized carbons (Fsp3) is 0. The normalized spacial score (nSPS) is 12.8. The Morgan fingerprint density at radius 2 is 0.917 bits per heavy atom. The van der Waals surface area contributed by atoms with Gasteiger partial charge < -0.3 is 0 Å².